The molecule has 2 aromatic carbocycles. The molecule has 0 aliphatic heterocycles. The van der Waals surface area contributed by atoms with Crippen molar-refractivity contribution in [3.63, 3.8) is 0 Å². The molecule has 0 heterocycles. The minimum Gasteiger partial charge on any atom is -0.355 e. The van der Waals surface area contributed by atoms with Gasteiger partial charge in [0.25, 0.3) is 0 Å². The van der Waals surface area contributed by atoms with Crippen molar-refractivity contribution in [1.29, 1.82) is 0 Å². The number of hydrogen-bond acceptors (Lipinski definition) is 4. The summed E-state index contributed by atoms with van der Waals surface area (Å²) in [5, 5.41) is 2.64. The smallest absolute Gasteiger partial charge is 0.304 e. The molecule has 0 unspecified atom stereocenters. The summed E-state index contributed by atoms with van der Waals surface area (Å²) in [5.41, 5.74) is 0.649. The second kappa shape index (κ2) is 11.2. The van der Waals surface area contributed by atoms with Crippen LogP contribution in [0.1, 0.15) is 19.4 Å². The Bertz CT molecular complexity index is 1060. The molecule has 2 aromatic rings. The van der Waals surface area contributed by atoms with E-state index in [1.54, 1.807) is 6.92 Å². The number of rotatable bonds is 10. The van der Waals surface area contributed by atoms with Crippen LogP contribution in [-0.2, 0) is 26.3 Å². The summed E-state index contributed by atoms with van der Waals surface area (Å²) in [6, 6.07) is 9.17. The molecule has 8 nitrogen and oxygen atoms in total. The van der Waals surface area contributed by atoms with E-state index in [0.717, 1.165) is 20.7 Å². The number of nitrogens with zero attached hydrogens (tertiary/aromatic N) is 3. The summed E-state index contributed by atoms with van der Waals surface area (Å²) < 4.78 is 54.4. The van der Waals surface area contributed by atoms with Crippen LogP contribution in [0.4, 0.5) is 14.5 Å². The minimum absolute atomic E-state index is 0.0450. The fourth-order valence-electron chi connectivity index (χ4n) is 3.02. The van der Waals surface area contributed by atoms with Crippen molar-refractivity contribution in [2.24, 2.45) is 0 Å². The number of nitrogens with one attached hydrogen (secondary N) is 1. The Kier molecular flexibility index (Phi) is 8.89. The van der Waals surface area contributed by atoms with Crippen molar-refractivity contribution < 1.29 is 26.8 Å². The van der Waals surface area contributed by atoms with Crippen molar-refractivity contribution in [2.45, 2.75) is 26.4 Å². The quantitative estimate of drug-likeness (QED) is 0.562. The maximum Gasteiger partial charge on any atom is 0.304 e. The first-order valence-electron chi connectivity index (χ1n) is 10.2. The van der Waals surface area contributed by atoms with E-state index < -0.39 is 46.2 Å². The van der Waals surface area contributed by atoms with Crippen molar-refractivity contribution >= 4 is 27.7 Å². The van der Waals surface area contributed by atoms with Gasteiger partial charge >= 0.3 is 10.2 Å². The van der Waals surface area contributed by atoms with Gasteiger partial charge in [0.2, 0.25) is 11.8 Å². The number of anilines is 1. The minimum atomic E-state index is -4.12. The van der Waals surface area contributed by atoms with Gasteiger partial charge in [-0.2, -0.15) is 12.7 Å². The number of halogens is 2. The van der Waals surface area contributed by atoms with Crippen molar-refractivity contribution in [3.05, 3.63) is 65.7 Å². The van der Waals surface area contributed by atoms with Crippen LogP contribution >= 0.6 is 0 Å². The summed E-state index contributed by atoms with van der Waals surface area (Å²) in [5.74, 6) is -2.09. The lowest BCUT2D eigenvalue weighted by Gasteiger charge is -2.32. The van der Waals surface area contributed by atoms with Crippen molar-refractivity contribution in [3.8, 4) is 0 Å². The van der Waals surface area contributed by atoms with E-state index in [1.807, 2.05) is 0 Å². The average Bonchev–Trinajstić information content (AvgIpc) is 2.77. The predicted molar refractivity (Wildman–Crippen MR) is 121 cm³/mol. The lowest BCUT2D eigenvalue weighted by Crippen LogP contribution is -2.52. The number of benzene rings is 2. The van der Waals surface area contributed by atoms with Crippen LogP contribution in [0.25, 0.3) is 0 Å². The summed E-state index contributed by atoms with van der Waals surface area (Å²) in [6.45, 7) is 2.93. The third kappa shape index (κ3) is 6.72. The molecule has 0 saturated heterocycles. The van der Waals surface area contributed by atoms with Crippen LogP contribution in [0.3, 0.4) is 0 Å². The summed E-state index contributed by atoms with van der Waals surface area (Å²) in [7, 11) is -1.50. The molecular weight excluding hydrogens is 454 g/mol. The molecule has 0 spiro atoms. The number of hydrogen-bond donors (Lipinski definition) is 1. The Hall–Kier alpha value is -3.05. The summed E-state index contributed by atoms with van der Waals surface area (Å²) in [4.78, 5) is 27.1. The molecule has 0 aliphatic carbocycles. The fraction of sp³-hybridized carbons (Fsp3) is 0.364. The third-order valence-electron chi connectivity index (χ3n) is 4.92. The monoisotopic (exact) mass is 482 g/mol. The Morgan fingerprint density at radius 1 is 0.970 bits per heavy atom. The largest absolute Gasteiger partial charge is 0.355 e. The molecule has 180 valence electrons. The Labute approximate surface area is 193 Å². The van der Waals surface area contributed by atoms with E-state index in [-0.39, 0.29) is 12.2 Å². The molecular formula is C22H28F2N4O4S. The van der Waals surface area contributed by atoms with E-state index in [4.69, 9.17) is 0 Å². The highest BCUT2D eigenvalue weighted by molar-refractivity contribution is 7.90. The van der Waals surface area contributed by atoms with Crippen LogP contribution in [-0.4, -0.2) is 62.7 Å². The number of amides is 2. The van der Waals surface area contributed by atoms with Crippen LogP contribution in [0, 0.1) is 11.6 Å². The zero-order chi connectivity index (χ0) is 24.8. The van der Waals surface area contributed by atoms with Crippen LogP contribution in [0.5, 0.6) is 0 Å². The maximum absolute atomic E-state index is 13.4. The van der Waals surface area contributed by atoms with Gasteiger partial charge in [-0.3, -0.25) is 9.59 Å². The highest BCUT2D eigenvalue weighted by Gasteiger charge is 2.32. The van der Waals surface area contributed by atoms with Gasteiger partial charge in [0.05, 0.1) is 5.69 Å². The topological polar surface area (TPSA) is 90.0 Å². The van der Waals surface area contributed by atoms with E-state index >= 15 is 0 Å². The van der Waals surface area contributed by atoms with Crippen LogP contribution in [0.2, 0.25) is 0 Å². The van der Waals surface area contributed by atoms with Gasteiger partial charge in [0, 0.05) is 27.2 Å². The molecule has 11 heteroatoms. The number of carbonyl (C=O) groups excluding carboxylic acids is 2. The third-order valence-corrected chi connectivity index (χ3v) is 6.74. The first kappa shape index (κ1) is 26.2. The van der Waals surface area contributed by atoms with Crippen LogP contribution < -0.4 is 9.62 Å². The molecule has 0 fully saturated rings. The normalized spacial score (nSPS) is 12.3. The van der Waals surface area contributed by atoms with Crippen LogP contribution in [0.15, 0.2) is 48.5 Å². The van der Waals surface area contributed by atoms with E-state index in [9.17, 15) is 26.8 Å². The molecule has 2 rings (SSSR count). The number of likely N-dealkylation sites (N-methyl/N-ethyl adjacent to an activating group) is 1. The van der Waals surface area contributed by atoms with Gasteiger partial charge in [0.15, 0.2) is 0 Å². The molecule has 0 aliphatic rings. The first-order chi connectivity index (χ1) is 15.5. The Morgan fingerprint density at radius 2 is 1.48 bits per heavy atom. The Balaban J connectivity index is 2.43. The van der Waals surface area contributed by atoms with Gasteiger partial charge < -0.3 is 10.2 Å². The second-order valence-corrected chi connectivity index (χ2v) is 9.56. The lowest BCUT2D eigenvalue weighted by atomic mass is 10.1. The van der Waals surface area contributed by atoms with E-state index in [0.29, 0.717) is 12.1 Å². The summed E-state index contributed by atoms with van der Waals surface area (Å²) >= 11 is 0. The Morgan fingerprint density at radius 3 is 1.97 bits per heavy atom. The molecule has 0 saturated carbocycles. The van der Waals surface area contributed by atoms with Crippen molar-refractivity contribution in [1.82, 2.24) is 14.5 Å². The zero-order valence-corrected chi connectivity index (χ0v) is 19.8. The van der Waals surface area contributed by atoms with E-state index in [1.165, 1.54) is 62.3 Å². The summed E-state index contributed by atoms with van der Waals surface area (Å²) in [6.07, 6.45) is 0. The van der Waals surface area contributed by atoms with Gasteiger partial charge in [-0.1, -0.05) is 12.1 Å². The molecule has 2 amide bonds. The zero-order valence-electron chi connectivity index (χ0n) is 19.0. The maximum atomic E-state index is 13.4. The highest BCUT2D eigenvalue weighted by Crippen LogP contribution is 2.21. The number of carbonyl (C=O) groups is 2. The molecule has 1 atom stereocenters. The van der Waals surface area contributed by atoms with Crippen molar-refractivity contribution in [2.75, 3.05) is 31.5 Å². The second-order valence-electron chi connectivity index (χ2n) is 7.49. The SMILES string of the molecule is CCNC(=O)[C@@H](C)N(Cc1ccc(F)cc1)C(=O)CN(c1ccc(F)cc1)S(=O)(=O)N(C)C. The molecule has 33 heavy (non-hydrogen) atoms. The lowest BCUT2D eigenvalue weighted by molar-refractivity contribution is -0.139. The highest BCUT2D eigenvalue weighted by atomic mass is 32.2. The molecule has 1 N–H and O–H groups in total. The van der Waals surface area contributed by atoms with Gasteiger partial charge in [-0.15, -0.1) is 0 Å². The fourth-order valence-corrected chi connectivity index (χ4v) is 4.07. The van der Waals surface area contributed by atoms with Gasteiger partial charge in [-0.25, -0.2) is 13.1 Å². The first-order valence-corrected chi connectivity index (χ1v) is 11.6. The molecule has 0 bridgehead atoms. The molecule has 0 aromatic heterocycles. The standard InChI is InChI=1S/C22H28F2N4O4S/c1-5-25-22(30)16(2)27(14-17-6-8-18(23)9-7-17)21(29)15-28(33(31,32)26(3)4)20-12-10-19(24)11-13-20/h6-13,16H,5,14-15H2,1-4H3,(H,25,30)/t16-/m1/s1. The van der Waals surface area contributed by atoms with E-state index in [2.05, 4.69) is 5.32 Å². The molecule has 0 radical (unpaired) electrons. The van der Waals surface area contributed by atoms with Gasteiger partial charge in [0.1, 0.15) is 24.2 Å². The predicted octanol–water partition coefficient (Wildman–Crippen LogP) is 2.13. The van der Waals surface area contributed by atoms with Gasteiger partial charge in [-0.05, 0) is 55.8 Å². The average molecular weight is 483 g/mol.